The van der Waals surface area contributed by atoms with Crippen LogP contribution >= 0.6 is 23.2 Å². The van der Waals surface area contributed by atoms with Crippen LogP contribution in [0.25, 0.3) is 0 Å². The minimum atomic E-state index is -0.411. The quantitative estimate of drug-likeness (QED) is 0.872. The van der Waals surface area contributed by atoms with Crippen molar-refractivity contribution in [1.29, 1.82) is 0 Å². The Bertz CT molecular complexity index is 677. The summed E-state index contributed by atoms with van der Waals surface area (Å²) in [6.07, 6.45) is 2.05. The molecule has 1 aromatic carbocycles. The lowest BCUT2D eigenvalue weighted by Crippen LogP contribution is -2.16. The molecule has 21 heavy (non-hydrogen) atoms. The zero-order valence-electron chi connectivity index (χ0n) is 11.5. The van der Waals surface area contributed by atoms with Crippen LogP contribution < -0.4 is 10.1 Å². The molecule has 1 heterocycles. The van der Waals surface area contributed by atoms with Crippen LogP contribution in [0, 0.1) is 0 Å². The van der Waals surface area contributed by atoms with Gasteiger partial charge in [0.25, 0.3) is 5.91 Å². The van der Waals surface area contributed by atoms with Gasteiger partial charge >= 0.3 is 0 Å². The molecule has 0 aliphatic heterocycles. The molecule has 0 atom stereocenters. The fraction of sp³-hybridized carbons (Fsp3) is 0.214. The van der Waals surface area contributed by atoms with E-state index in [1.54, 1.807) is 6.07 Å². The summed E-state index contributed by atoms with van der Waals surface area (Å²) < 4.78 is 5.04. The summed E-state index contributed by atoms with van der Waals surface area (Å²) in [7, 11) is 1.41. The molecule has 7 heteroatoms. The number of hydrogen-bond acceptors (Lipinski definition) is 4. The molecule has 1 amide bonds. The number of carbonyl (C=O) groups excluding carboxylic acids is 1. The summed E-state index contributed by atoms with van der Waals surface area (Å²) in [5, 5.41) is 3.24. The number of aryl methyl sites for hydroxylation is 1. The lowest BCUT2D eigenvalue weighted by Gasteiger charge is -2.12. The van der Waals surface area contributed by atoms with E-state index in [0.29, 0.717) is 10.7 Å². The number of para-hydroxylation sites is 1. The number of nitrogens with zero attached hydrogens (tertiary/aromatic N) is 2. The zero-order chi connectivity index (χ0) is 15.4. The Hall–Kier alpha value is -1.85. The van der Waals surface area contributed by atoms with Crippen LogP contribution in [-0.2, 0) is 6.42 Å². The van der Waals surface area contributed by atoms with Gasteiger partial charge in [0.1, 0.15) is 5.56 Å². The van der Waals surface area contributed by atoms with Crippen molar-refractivity contribution in [2.45, 2.75) is 13.3 Å². The first-order valence-corrected chi connectivity index (χ1v) is 6.97. The highest BCUT2D eigenvalue weighted by molar-refractivity contribution is 6.34. The Morgan fingerprint density at radius 3 is 2.81 bits per heavy atom. The number of ether oxygens (including phenoxy) is 1. The Balaban J connectivity index is 2.35. The second-order valence-electron chi connectivity index (χ2n) is 4.14. The molecule has 0 bridgehead atoms. The number of hydrogen-bond donors (Lipinski definition) is 1. The van der Waals surface area contributed by atoms with Crippen molar-refractivity contribution in [2.75, 3.05) is 12.4 Å². The lowest BCUT2D eigenvalue weighted by atomic mass is 10.1. The molecule has 0 saturated carbocycles. The van der Waals surface area contributed by atoms with E-state index in [2.05, 4.69) is 15.3 Å². The number of amides is 1. The Kier molecular flexibility index (Phi) is 4.98. The van der Waals surface area contributed by atoms with Crippen molar-refractivity contribution >= 4 is 34.8 Å². The van der Waals surface area contributed by atoms with Crippen LogP contribution in [0.3, 0.4) is 0 Å². The molecule has 0 saturated heterocycles. The number of rotatable bonds is 4. The molecule has 2 rings (SSSR count). The highest BCUT2D eigenvalue weighted by Crippen LogP contribution is 2.27. The van der Waals surface area contributed by atoms with Gasteiger partial charge in [-0.2, -0.15) is 4.98 Å². The Morgan fingerprint density at radius 1 is 1.38 bits per heavy atom. The molecule has 1 aromatic heterocycles. The fourth-order valence-electron chi connectivity index (χ4n) is 1.84. The van der Waals surface area contributed by atoms with Crippen LogP contribution in [0.2, 0.25) is 10.3 Å². The third-order valence-corrected chi connectivity index (χ3v) is 3.38. The molecular weight excluding hydrogens is 313 g/mol. The predicted molar refractivity (Wildman–Crippen MR) is 82.4 cm³/mol. The lowest BCUT2D eigenvalue weighted by molar-refractivity contribution is 0.102. The highest BCUT2D eigenvalue weighted by atomic mass is 35.5. The van der Waals surface area contributed by atoms with Gasteiger partial charge in [0.05, 0.1) is 17.8 Å². The summed E-state index contributed by atoms with van der Waals surface area (Å²) in [4.78, 5) is 20.0. The second kappa shape index (κ2) is 6.74. The number of nitrogens with one attached hydrogen (secondary N) is 1. The normalized spacial score (nSPS) is 10.3. The summed E-state index contributed by atoms with van der Waals surface area (Å²) in [6.45, 7) is 1.98. The standard InChI is InChI=1S/C14H13Cl2N3O2/c1-3-8-5-4-6-10(15)11(8)18-12(20)9-7-17-14(16)19-13(9)21-2/h4-7H,3H2,1-2H3,(H,18,20). The molecule has 0 spiro atoms. The number of aromatic nitrogens is 2. The second-order valence-corrected chi connectivity index (χ2v) is 4.89. The van der Waals surface area contributed by atoms with Gasteiger partial charge in [-0.1, -0.05) is 30.7 Å². The summed E-state index contributed by atoms with van der Waals surface area (Å²) in [6, 6.07) is 5.45. The smallest absolute Gasteiger partial charge is 0.262 e. The molecule has 0 radical (unpaired) electrons. The molecule has 0 unspecified atom stereocenters. The maximum absolute atomic E-state index is 12.4. The van der Waals surface area contributed by atoms with Gasteiger partial charge in [0.2, 0.25) is 11.2 Å². The van der Waals surface area contributed by atoms with E-state index < -0.39 is 5.91 Å². The number of methoxy groups -OCH3 is 1. The number of benzene rings is 1. The van der Waals surface area contributed by atoms with Crippen LogP contribution in [0.4, 0.5) is 5.69 Å². The number of anilines is 1. The number of carbonyl (C=O) groups is 1. The largest absolute Gasteiger partial charge is 0.480 e. The summed E-state index contributed by atoms with van der Waals surface area (Å²) >= 11 is 11.8. The van der Waals surface area contributed by atoms with E-state index in [1.165, 1.54) is 13.3 Å². The van der Waals surface area contributed by atoms with Crippen molar-refractivity contribution in [2.24, 2.45) is 0 Å². The SMILES string of the molecule is CCc1cccc(Cl)c1NC(=O)c1cnc(Cl)nc1OC. The van der Waals surface area contributed by atoms with E-state index in [0.717, 1.165) is 12.0 Å². The maximum Gasteiger partial charge on any atom is 0.262 e. The van der Waals surface area contributed by atoms with Crippen LogP contribution in [0.5, 0.6) is 5.88 Å². The van der Waals surface area contributed by atoms with Crippen molar-refractivity contribution < 1.29 is 9.53 Å². The minimum Gasteiger partial charge on any atom is -0.480 e. The first-order chi connectivity index (χ1) is 10.1. The van der Waals surface area contributed by atoms with Gasteiger partial charge in [0, 0.05) is 6.20 Å². The van der Waals surface area contributed by atoms with Gasteiger partial charge in [-0.3, -0.25) is 4.79 Å². The van der Waals surface area contributed by atoms with Crippen molar-refractivity contribution in [3.63, 3.8) is 0 Å². The van der Waals surface area contributed by atoms with Gasteiger partial charge < -0.3 is 10.1 Å². The van der Waals surface area contributed by atoms with E-state index >= 15 is 0 Å². The first kappa shape index (κ1) is 15.5. The van der Waals surface area contributed by atoms with E-state index in [-0.39, 0.29) is 16.7 Å². The third kappa shape index (κ3) is 3.43. The van der Waals surface area contributed by atoms with Gasteiger partial charge in [0.15, 0.2) is 0 Å². The molecule has 0 aliphatic rings. The van der Waals surface area contributed by atoms with E-state index in [4.69, 9.17) is 27.9 Å². The Labute approximate surface area is 132 Å². The Morgan fingerprint density at radius 2 is 2.14 bits per heavy atom. The summed E-state index contributed by atoms with van der Waals surface area (Å²) in [5.74, 6) is -0.302. The minimum absolute atomic E-state index is 0.00962. The fourth-order valence-corrected chi connectivity index (χ4v) is 2.21. The molecule has 2 aromatic rings. The van der Waals surface area contributed by atoms with Crippen molar-refractivity contribution in [1.82, 2.24) is 9.97 Å². The molecular formula is C14H13Cl2N3O2. The van der Waals surface area contributed by atoms with Crippen LogP contribution in [0.15, 0.2) is 24.4 Å². The van der Waals surface area contributed by atoms with Crippen molar-refractivity contribution in [3.8, 4) is 5.88 Å². The van der Waals surface area contributed by atoms with Gasteiger partial charge in [-0.15, -0.1) is 0 Å². The summed E-state index contributed by atoms with van der Waals surface area (Å²) in [5.41, 5.74) is 1.69. The van der Waals surface area contributed by atoms with Crippen LogP contribution in [-0.4, -0.2) is 23.0 Å². The first-order valence-electron chi connectivity index (χ1n) is 6.22. The predicted octanol–water partition coefficient (Wildman–Crippen LogP) is 3.61. The molecule has 1 N–H and O–H groups in total. The average Bonchev–Trinajstić information content (AvgIpc) is 2.48. The van der Waals surface area contributed by atoms with E-state index in [9.17, 15) is 4.79 Å². The van der Waals surface area contributed by atoms with E-state index in [1.807, 2.05) is 19.1 Å². The topological polar surface area (TPSA) is 64.1 Å². The van der Waals surface area contributed by atoms with Gasteiger partial charge in [-0.05, 0) is 29.7 Å². The van der Waals surface area contributed by atoms with Crippen molar-refractivity contribution in [3.05, 3.63) is 45.8 Å². The molecule has 5 nitrogen and oxygen atoms in total. The average molecular weight is 326 g/mol. The molecule has 0 fully saturated rings. The number of halogens is 2. The molecule has 110 valence electrons. The zero-order valence-corrected chi connectivity index (χ0v) is 13.0. The molecule has 0 aliphatic carbocycles. The maximum atomic E-state index is 12.4. The van der Waals surface area contributed by atoms with Crippen LogP contribution in [0.1, 0.15) is 22.8 Å². The highest BCUT2D eigenvalue weighted by Gasteiger charge is 2.17. The third-order valence-electron chi connectivity index (χ3n) is 2.88. The monoisotopic (exact) mass is 325 g/mol. The van der Waals surface area contributed by atoms with Gasteiger partial charge in [-0.25, -0.2) is 4.98 Å².